The lowest BCUT2D eigenvalue weighted by molar-refractivity contribution is -0.981. The van der Waals surface area contributed by atoms with E-state index in [1.165, 1.54) is 0 Å². The molecule has 0 spiro atoms. The van der Waals surface area contributed by atoms with E-state index in [1.54, 1.807) is 0 Å². The first kappa shape index (κ1) is 48.5. The number of benzene rings is 2. The number of hydrogen-bond acceptors (Lipinski definition) is 9. The second-order valence-electron chi connectivity index (χ2n) is 21.6. The Bertz CT molecular complexity index is 1590. The lowest BCUT2D eigenvalue weighted by Crippen LogP contribution is -2.38. The van der Waals surface area contributed by atoms with Gasteiger partial charge in [-0.3, -0.25) is 0 Å². The second kappa shape index (κ2) is 22.3. The zero-order valence-electron chi connectivity index (χ0n) is 38.6. The molecule has 0 aromatic heterocycles. The first-order valence-corrected chi connectivity index (χ1v) is 24.7. The highest BCUT2D eigenvalue weighted by molar-refractivity contribution is 5.43. The Morgan fingerprint density at radius 3 is 1.35 bits per heavy atom. The van der Waals surface area contributed by atoms with Crippen LogP contribution in [0.5, 0.6) is 11.5 Å². The normalized spacial score (nSPS) is 29.1. The summed E-state index contributed by atoms with van der Waals surface area (Å²) >= 11 is 0. The number of unbranched alkanes of at least 4 members (excludes halogenated alkanes) is 6. The molecule has 0 unspecified atom stereocenters. The summed E-state index contributed by atoms with van der Waals surface area (Å²) in [7, 11) is 0. The molecule has 4 fully saturated rings. The molecule has 6 N–H and O–H groups in total. The van der Waals surface area contributed by atoms with E-state index < -0.39 is 0 Å². The number of fused-ring (bicyclic) bond motifs is 2. The minimum atomic E-state index is -0.338. The Kier molecular flexibility index (Phi) is 17.5. The summed E-state index contributed by atoms with van der Waals surface area (Å²) in [6.07, 6.45) is 17.9. The van der Waals surface area contributed by atoms with Crippen LogP contribution in [0.25, 0.3) is 0 Å². The second-order valence-corrected chi connectivity index (χ2v) is 21.6. The third-order valence-corrected chi connectivity index (χ3v) is 16.3. The third-order valence-electron chi connectivity index (χ3n) is 16.3. The first-order valence-electron chi connectivity index (χ1n) is 24.7. The molecule has 0 amide bonds. The molecule has 4 saturated carbocycles. The first-order chi connectivity index (χ1) is 29.7. The van der Waals surface area contributed by atoms with Gasteiger partial charge in [0.2, 0.25) is 0 Å². The molecule has 0 saturated heterocycles. The molecule has 4 aliphatic rings. The van der Waals surface area contributed by atoms with Crippen LogP contribution in [-0.2, 0) is 20.5 Å². The topological polar surface area (TPSA) is 160 Å². The highest BCUT2D eigenvalue weighted by atomic mass is 17.0. The van der Waals surface area contributed by atoms with Gasteiger partial charge in [0.25, 0.3) is 0 Å². The molecule has 348 valence electrons. The molecule has 62 heavy (non-hydrogen) atoms. The Morgan fingerprint density at radius 1 is 0.565 bits per heavy atom. The summed E-state index contributed by atoms with van der Waals surface area (Å²) in [5, 5.41) is 63.8. The van der Waals surface area contributed by atoms with E-state index in [4.69, 9.17) is 9.68 Å². The van der Waals surface area contributed by atoms with Gasteiger partial charge in [0, 0.05) is 13.2 Å². The fourth-order valence-corrected chi connectivity index (χ4v) is 12.4. The van der Waals surface area contributed by atoms with Crippen molar-refractivity contribution < 1.29 is 45.4 Å². The predicted octanol–water partition coefficient (Wildman–Crippen LogP) is 10.4. The van der Waals surface area contributed by atoms with E-state index >= 15 is 0 Å². The van der Waals surface area contributed by atoms with Crippen LogP contribution < -0.4 is 0 Å². The fourth-order valence-electron chi connectivity index (χ4n) is 12.4. The number of phenolic OH excluding ortho intramolecular Hbond substituents is 2. The van der Waals surface area contributed by atoms with Gasteiger partial charge in [-0.25, -0.2) is 0 Å². The molecule has 2 aromatic carbocycles. The maximum absolute atomic E-state index is 12.1. The molecule has 0 aliphatic heterocycles. The maximum atomic E-state index is 12.1. The average Bonchev–Trinajstić information content (AvgIpc) is 3.24. The van der Waals surface area contributed by atoms with Gasteiger partial charge in [0.15, 0.2) is 13.2 Å². The van der Waals surface area contributed by atoms with Gasteiger partial charge < -0.3 is 30.6 Å². The van der Waals surface area contributed by atoms with E-state index in [9.17, 15) is 35.5 Å². The highest BCUT2D eigenvalue weighted by Crippen LogP contribution is 2.53. The number of aromatic hydroxyl groups is 2. The van der Waals surface area contributed by atoms with Crippen molar-refractivity contribution in [2.45, 2.75) is 191 Å². The van der Waals surface area contributed by atoms with Crippen LogP contribution in [0.3, 0.4) is 0 Å². The predicted molar refractivity (Wildman–Crippen MR) is 243 cm³/mol. The van der Waals surface area contributed by atoms with Crippen molar-refractivity contribution in [1.29, 1.82) is 0 Å². The lowest BCUT2D eigenvalue weighted by atomic mass is 9.60. The zero-order chi connectivity index (χ0) is 44.4. The zero-order valence-corrected chi connectivity index (χ0v) is 38.6. The standard InChI is InChI=1S/C52H81NO9/c1-51(2,39-17-19-43(49(58)29-39)47-31-41(56)27-37-15-13-35(33-54)25-45(37)47)21-9-5-7-11-23-61-53(60)62-24-12-8-6-10-22-52(3,4)40-18-20-44(50(59)30-40)48-32-42(57)28-38-16-14-36(34-55)26-46(38)48/h17-20,29-30,35-38,41-42,45-48,54-57H,5-16,21-28,31-34H2,1-4H3,(H-,58,59)/p+1/t35-,36-,37-,38-,41-,42-,45+,46+,47-,48-/m0/s1. The quantitative estimate of drug-likeness (QED) is 0.0500. The van der Waals surface area contributed by atoms with Crippen molar-refractivity contribution >= 4 is 0 Å². The number of nitrogens with zero attached hydrogens (tertiary/aromatic N) is 1. The highest BCUT2D eigenvalue weighted by Gasteiger charge is 2.44. The molecule has 0 radical (unpaired) electrons. The van der Waals surface area contributed by atoms with Crippen molar-refractivity contribution in [1.82, 2.24) is 0 Å². The van der Waals surface area contributed by atoms with Crippen molar-refractivity contribution in [3.63, 3.8) is 0 Å². The van der Waals surface area contributed by atoms with Crippen LogP contribution in [-0.4, -0.2) is 74.4 Å². The summed E-state index contributed by atoms with van der Waals surface area (Å²) in [4.78, 5) is 22.6. The van der Waals surface area contributed by atoms with Crippen LogP contribution in [0.1, 0.15) is 190 Å². The number of aliphatic hydroxyl groups excluding tert-OH is 4. The molecule has 0 heterocycles. The summed E-state index contributed by atoms with van der Waals surface area (Å²) in [5.74, 6) is 3.22. The van der Waals surface area contributed by atoms with Gasteiger partial charge in [-0.05, 0) is 195 Å². The lowest BCUT2D eigenvalue weighted by Gasteiger charge is -2.46. The van der Waals surface area contributed by atoms with Crippen LogP contribution in [0.4, 0.5) is 0 Å². The smallest absolute Gasteiger partial charge is 0.477 e. The summed E-state index contributed by atoms with van der Waals surface area (Å²) in [5.41, 5.74) is 3.91. The molecule has 6 rings (SSSR count). The van der Waals surface area contributed by atoms with Crippen molar-refractivity contribution in [2.24, 2.45) is 35.5 Å². The number of rotatable bonds is 22. The van der Waals surface area contributed by atoms with Crippen LogP contribution in [0.2, 0.25) is 0 Å². The van der Waals surface area contributed by atoms with E-state index in [0.29, 0.717) is 73.1 Å². The molecule has 0 bridgehead atoms. The van der Waals surface area contributed by atoms with E-state index in [-0.39, 0.29) is 53.2 Å². The fraction of sp³-hybridized carbons (Fsp3) is 0.769. The Labute approximate surface area is 372 Å². The maximum Gasteiger partial charge on any atom is 0.477 e. The molecular formula is C52H82NO9+. The Balaban J connectivity index is 0.817. The Morgan fingerprint density at radius 2 is 0.968 bits per heavy atom. The average molecular weight is 865 g/mol. The summed E-state index contributed by atoms with van der Waals surface area (Å²) in [6.45, 7) is 9.97. The molecule has 10 atom stereocenters. The van der Waals surface area contributed by atoms with E-state index in [1.807, 2.05) is 12.1 Å². The van der Waals surface area contributed by atoms with E-state index in [0.717, 1.165) is 138 Å². The molecule has 10 nitrogen and oxygen atoms in total. The SMILES string of the molecule is CC(C)(CCCCCCO[N+](=O)OCCCCCCC(C)(C)c1ccc([C@@H]2C[C@@H](O)C[C@@H]3CC[C@H](CO)C[C@H]32)c(O)c1)c1ccc([C@@H]2C[C@@H](O)C[C@@H]3CC[C@H](CO)C[C@H]32)c(O)c1. The van der Waals surface area contributed by atoms with Crippen LogP contribution in [0, 0.1) is 40.4 Å². The summed E-state index contributed by atoms with van der Waals surface area (Å²) < 4.78 is 0. The van der Waals surface area contributed by atoms with Gasteiger partial charge in [0.05, 0.1) is 12.2 Å². The van der Waals surface area contributed by atoms with Crippen molar-refractivity contribution in [2.75, 3.05) is 26.4 Å². The number of aliphatic hydroxyl groups is 4. The summed E-state index contributed by atoms with van der Waals surface area (Å²) in [6, 6.07) is 12.4. The van der Waals surface area contributed by atoms with Gasteiger partial charge in [-0.1, -0.05) is 77.6 Å². The minimum Gasteiger partial charge on any atom is -0.508 e. The van der Waals surface area contributed by atoms with Crippen LogP contribution in [0.15, 0.2) is 36.4 Å². The Hall–Kier alpha value is -2.92. The monoisotopic (exact) mass is 865 g/mol. The molecule has 2 aromatic rings. The van der Waals surface area contributed by atoms with Crippen molar-refractivity contribution in [3.8, 4) is 11.5 Å². The minimum absolute atomic E-state index is 0.104. The van der Waals surface area contributed by atoms with Crippen LogP contribution >= 0.6 is 0 Å². The van der Waals surface area contributed by atoms with E-state index in [2.05, 4.69) is 52.0 Å². The van der Waals surface area contributed by atoms with Gasteiger partial charge in [0.1, 0.15) is 16.4 Å². The van der Waals surface area contributed by atoms with Crippen molar-refractivity contribution in [3.05, 3.63) is 63.6 Å². The largest absolute Gasteiger partial charge is 0.508 e. The van der Waals surface area contributed by atoms with Gasteiger partial charge in [-0.2, -0.15) is 9.68 Å². The van der Waals surface area contributed by atoms with Gasteiger partial charge in [-0.15, -0.1) is 0 Å². The number of phenols is 2. The number of hydrogen-bond donors (Lipinski definition) is 6. The third kappa shape index (κ3) is 12.7. The van der Waals surface area contributed by atoms with Gasteiger partial charge >= 0.3 is 5.09 Å². The molecule has 4 aliphatic carbocycles. The molecule has 10 heteroatoms. The molecular weight excluding hydrogens is 783 g/mol.